The average Bonchev–Trinajstić information content (AvgIpc) is 2.80. The van der Waals surface area contributed by atoms with Gasteiger partial charge in [-0.3, -0.25) is 4.99 Å². The Bertz CT molecular complexity index is 600. The van der Waals surface area contributed by atoms with Gasteiger partial charge in [0.1, 0.15) is 10.8 Å². The van der Waals surface area contributed by atoms with Gasteiger partial charge in [0.15, 0.2) is 5.96 Å². The highest BCUT2D eigenvalue weighted by Gasteiger charge is 2.04. The Labute approximate surface area is 128 Å². The van der Waals surface area contributed by atoms with Crippen molar-refractivity contribution in [2.24, 2.45) is 4.99 Å². The van der Waals surface area contributed by atoms with Crippen LogP contribution in [0.4, 0.5) is 4.39 Å². The number of aryl methyl sites for hydroxylation is 2. The normalized spacial score (nSPS) is 11.5. The predicted octanol–water partition coefficient (Wildman–Crippen LogP) is 2.76. The fourth-order valence-electron chi connectivity index (χ4n) is 1.78. The Morgan fingerprint density at radius 1 is 1.19 bits per heavy atom. The Hall–Kier alpha value is -1.95. The first-order valence-corrected chi connectivity index (χ1v) is 7.52. The van der Waals surface area contributed by atoms with Gasteiger partial charge in [0, 0.05) is 18.5 Å². The molecule has 0 fully saturated rings. The molecule has 6 heteroatoms. The molecule has 0 spiro atoms. The van der Waals surface area contributed by atoms with E-state index in [4.69, 9.17) is 0 Å². The van der Waals surface area contributed by atoms with E-state index in [1.165, 1.54) is 17.0 Å². The molecule has 4 nitrogen and oxygen atoms in total. The van der Waals surface area contributed by atoms with E-state index < -0.39 is 0 Å². The van der Waals surface area contributed by atoms with Gasteiger partial charge in [0.25, 0.3) is 0 Å². The Morgan fingerprint density at radius 3 is 2.43 bits per heavy atom. The quantitative estimate of drug-likeness (QED) is 0.674. The number of rotatable bonds is 4. The molecule has 2 aromatic rings. The van der Waals surface area contributed by atoms with Crippen molar-refractivity contribution >= 4 is 17.3 Å². The van der Waals surface area contributed by atoms with Crippen molar-refractivity contribution in [1.29, 1.82) is 0 Å². The van der Waals surface area contributed by atoms with Gasteiger partial charge in [-0.05, 0) is 31.5 Å². The number of thiazole rings is 1. The maximum atomic E-state index is 12.8. The van der Waals surface area contributed by atoms with Crippen LogP contribution < -0.4 is 10.6 Å². The fraction of sp³-hybridized carbons (Fsp3) is 0.333. The highest BCUT2D eigenvalue weighted by atomic mass is 32.1. The lowest BCUT2D eigenvalue weighted by Gasteiger charge is -2.10. The lowest BCUT2D eigenvalue weighted by molar-refractivity contribution is 0.626. The maximum Gasteiger partial charge on any atom is 0.191 e. The van der Waals surface area contributed by atoms with E-state index in [1.54, 1.807) is 30.5 Å². The minimum atomic E-state index is -0.226. The van der Waals surface area contributed by atoms with Crippen molar-refractivity contribution in [2.75, 3.05) is 7.05 Å². The zero-order valence-electron chi connectivity index (χ0n) is 12.4. The van der Waals surface area contributed by atoms with Crippen LogP contribution in [0.2, 0.25) is 0 Å². The minimum absolute atomic E-state index is 0.226. The summed E-state index contributed by atoms with van der Waals surface area (Å²) in [5.41, 5.74) is 2.08. The molecule has 2 N–H and O–H groups in total. The summed E-state index contributed by atoms with van der Waals surface area (Å²) in [6.07, 6.45) is 0. The van der Waals surface area contributed by atoms with Crippen molar-refractivity contribution in [3.8, 4) is 0 Å². The number of benzene rings is 1. The van der Waals surface area contributed by atoms with Gasteiger partial charge in [0.2, 0.25) is 0 Å². The molecule has 112 valence electrons. The van der Waals surface area contributed by atoms with E-state index in [9.17, 15) is 4.39 Å². The molecule has 0 saturated carbocycles. The predicted molar refractivity (Wildman–Crippen MR) is 85.0 cm³/mol. The van der Waals surface area contributed by atoms with Crippen molar-refractivity contribution in [2.45, 2.75) is 26.9 Å². The number of aromatic nitrogens is 1. The summed E-state index contributed by atoms with van der Waals surface area (Å²) in [7, 11) is 1.72. The molecular weight excluding hydrogens is 287 g/mol. The Kier molecular flexibility index (Phi) is 5.27. The molecule has 0 atom stereocenters. The van der Waals surface area contributed by atoms with Crippen molar-refractivity contribution in [3.63, 3.8) is 0 Å². The highest BCUT2D eigenvalue weighted by Crippen LogP contribution is 2.15. The summed E-state index contributed by atoms with van der Waals surface area (Å²) >= 11 is 1.68. The molecule has 0 bridgehead atoms. The largest absolute Gasteiger partial charge is 0.352 e. The molecular formula is C15H19FN4S. The first kappa shape index (κ1) is 15.4. The van der Waals surface area contributed by atoms with Gasteiger partial charge < -0.3 is 10.6 Å². The first-order valence-electron chi connectivity index (χ1n) is 6.70. The van der Waals surface area contributed by atoms with Crippen LogP contribution in [0.3, 0.4) is 0 Å². The van der Waals surface area contributed by atoms with Gasteiger partial charge >= 0.3 is 0 Å². The zero-order chi connectivity index (χ0) is 15.2. The lowest BCUT2D eigenvalue weighted by atomic mass is 10.2. The van der Waals surface area contributed by atoms with Gasteiger partial charge in [0.05, 0.1) is 12.2 Å². The van der Waals surface area contributed by atoms with Gasteiger partial charge in [-0.15, -0.1) is 11.3 Å². The average molecular weight is 306 g/mol. The Balaban J connectivity index is 1.84. The lowest BCUT2D eigenvalue weighted by Crippen LogP contribution is -2.36. The number of nitrogens with one attached hydrogen (secondary N) is 2. The first-order chi connectivity index (χ1) is 10.1. The van der Waals surface area contributed by atoms with E-state index in [2.05, 4.69) is 27.5 Å². The molecule has 0 saturated heterocycles. The summed E-state index contributed by atoms with van der Waals surface area (Å²) in [6, 6.07) is 6.41. The van der Waals surface area contributed by atoms with Crippen LogP contribution >= 0.6 is 11.3 Å². The van der Waals surface area contributed by atoms with Crippen molar-refractivity contribution in [1.82, 2.24) is 15.6 Å². The smallest absolute Gasteiger partial charge is 0.191 e. The van der Waals surface area contributed by atoms with Gasteiger partial charge in [-0.2, -0.15) is 0 Å². The van der Waals surface area contributed by atoms with E-state index in [0.29, 0.717) is 19.0 Å². The van der Waals surface area contributed by atoms with Crippen LogP contribution in [0, 0.1) is 19.7 Å². The van der Waals surface area contributed by atoms with Gasteiger partial charge in [-0.25, -0.2) is 9.37 Å². The highest BCUT2D eigenvalue weighted by molar-refractivity contribution is 7.11. The van der Waals surface area contributed by atoms with Crippen LogP contribution in [0.15, 0.2) is 29.3 Å². The number of guanidine groups is 1. The monoisotopic (exact) mass is 306 g/mol. The van der Waals surface area contributed by atoms with Crippen LogP contribution in [-0.4, -0.2) is 18.0 Å². The van der Waals surface area contributed by atoms with E-state index >= 15 is 0 Å². The number of hydrogen-bond acceptors (Lipinski definition) is 3. The second kappa shape index (κ2) is 7.17. The molecule has 0 unspecified atom stereocenters. The number of halogens is 1. The topological polar surface area (TPSA) is 49.3 Å². The third-order valence-corrected chi connectivity index (χ3v) is 4.15. The van der Waals surface area contributed by atoms with Crippen molar-refractivity contribution < 1.29 is 4.39 Å². The molecule has 0 amide bonds. The SMILES string of the molecule is CN=C(NCc1ccc(F)cc1)NCc1nc(C)c(C)s1. The second-order valence-corrected chi connectivity index (χ2v) is 5.94. The molecule has 1 aromatic heterocycles. The molecule has 1 aromatic carbocycles. The summed E-state index contributed by atoms with van der Waals surface area (Å²) in [5.74, 6) is 0.473. The summed E-state index contributed by atoms with van der Waals surface area (Å²) in [5, 5.41) is 7.45. The summed E-state index contributed by atoms with van der Waals surface area (Å²) in [6.45, 7) is 5.31. The maximum absolute atomic E-state index is 12.8. The molecule has 2 rings (SSSR count). The van der Waals surface area contributed by atoms with Gasteiger partial charge in [-0.1, -0.05) is 12.1 Å². The molecule has 0 aliphatic heterocycles. The standard InChI is InChI=1S/C15H19FN4S/c1-10-11(2)21-14(20-10)9-19-15(17-3)18-8-12-4-6-13(16)7-5-12/h4-7H,8-9H2,1-3H3,(H2,17,18,19). The minimum Gasteiger partial charge on any atom is -0.352 e. The molecule has 1 heterocycles. The summed E-state index contributed by atoms with van der Waals surface area (Å²) in [4.78, 5) is 9.88. The van der Waals surface area contributed by atoms with Crippen LogP contribution in [0.1, 0.15) is 21.1 Å². The Morgan fingerprint density at radius 2 is 1.86 bits per heavy atom. The van der Waals surface area contributed by atoms with Crippen molar-refractivity contribution in [3.05, 3.63) is 51.2 Å². The van der Waals surface area contributed by atoms with E-state index in [-0.39, 0.29) is 5.82 Å². The van der Waals surface area contributed by atoms with Crippen LogP contribution in [-0.2, 0) is 13.1 Å². The number of nitrogens with zero attached hydrogens (tertiary/aromatic N) is 2. The third-order valence-electron chi connectivity index (χ3n) is 3.08. The van der Waals surface area contributed by atoms with E-state index in [0.717, 1.165) is 16.3 Å². The number of aliphatic imine (C=N–C) groups is 1. The molecule has 0 aliphatic carbocycles. The molecule has 21 heavy (non-hydrogen) atoms. The number of hydrogen-bond donors (Lipinski definition) is 2. The third kappa shape index (κ3) is 4.53. The second-order valence-electron chi connectivity index (χ2n) is 4.65. The fourth-order valence-corrected chi connectivity index (χ4v) is 2.66. The zero-order valence-corrected chi connectivity index (χ0v) is 13.2. The van der Waals surface area contributed by atoms with E-state index in [1.807, 2.05) is 6.92 Å². The molecule has 0 radical (unpaired) electrons. The van der Waals surface area contributed by atoms with Crippen LogP contribution in [0.5, 0.6) is 0 Å². The molecule has 0 aliphatic rings. The summed E-state index contributed by atoms with van der Waals surface area (Å²) < 4.78 is 12.8. The van der Waals surface area contributed by atoms with Crippen LogP contribution in [0.25, 0.3) is 0 Å².